The number of rotatable bonds is 4. The third kappa shape index (κ3) is 10.5. The van der Waals surface area contributed by atoms with Gasteiger partial charge in [-0.25, -0.2) is 0 Å². The molecule has 0 aliphatic carbocycles. The van der Waals surface area contributed by atoms with Crippen molar-refractivity contribution in [3.05, 3.63) is 10.2 Å². The Morgan fingerprint density at radius 2 is 1.91 bits per heavy atom. The van der Waals surface area contributed by atoms with Gasteiger partial charge in [-0.05, 0) is 0 Å². The predicted octanol–water partition coefficient (Wildman–Crippen LogP) is 3.47. The molecule has 0 heterocycles. The normalized spacial score (nSPS) is 12.7. The minimum absolute atomic E-state index is 0.211. The standard InChI is InChI=1S/C10H20Te/c1-5-6-8-11-9-7-10(2,3)4/h7,9H,5-6,8H2,1-4H3/b9-7-. The van der Waals surface area contributed by atoms with Gasteiger partial charge >= 0.3 is 81.5 Å². The summed E-state index contributed by atoms with van der Waals surface area (Å²) in [4.78, 5) is 0. The molecular formula is C10H20Te. The second-order valence-corrected chi connectivity index (χ2v) is 6.79. The molecule has 0 aromatic rings. The first-order chi connectivity index (χ1) is 5.06. The van der Waals surface area contributed by atoms with E-state index in [2.05, 4.69) is 37.9 Å². The molecule has 0 nitrogen and oxygen atoms in total. The molecule has 0 aromatic heterocycles. The Morgan fingerprint density at radius 1 is 1.27 bits per heavy atom. The first kappa shape index (κ1) is 11.5. The number of hydrogen-bond acceptors (Lipinski definition) is 0. The molecule has 0 rings (SSSR count). The van der Waals surface area contributed by atoms with Crippen LogP contribution in [0, 0.1) is 5.41 Å². The van der Waals surface area contributed by atoms with Crippen LogP contribution in [0.5, 0.6) is 0 Å². The maximum atomic E-state index is 2.45. The fraction of sp³-hybridized carbons (Fsp3) is 0.800. The van der Waals surface area contributed by atoms with Crippen LogP contribution in [0.1, 0.15) is 40.5 Å². The summed E-state index contributed by atoms with van der Waals surface area (Å²) < 4.78 is 3.93. The van der Waals surface area contributed by atoms with Gasteiger partial charge < -0.3 is 0 Å². The van der Waals surface area contributed by atoms with Crippen molar-refractivity contribution in [2.45, 2.75) is 45.0 Å². The van der Waals surface area contributed by atoms with Crippen molar-refractivity contribution >= 4 is 20.9 Å². The topological polar surface area (TPSA) is 0 Å². The van der Waals surface area contributed by atoms with E-state index in [9.17, 15) is 0 Å². The van der Waals surface area contributed by atoms with Crippen LogP contribution in [0.3, 0.4) is 0 Å². The molecule has 0 atom stereocenters. The molecule has 0 spiro atoms. The van der Waals surface area contributed by atoms with Crippen LogP contribution in [-0.4, -0.2) is 20.9 Å². The van der Waals surface area contributed by atoms with Gasteiger partial charge in [0.1, 0.15) is 0 Å². The van der Waals surface area contributed by atoms with Crippen LogP contribution >= 0.6 is 0 Å². The van der Waals surface area contributed by atoms with Gasteiger partial charge in [0.2, 0.25) is 0 Å². The van der Waals surface area contributed by atoms with E-state index in [1.807, 2.05) is 0 Å². The SMILES string of the molecule is CCCC[Te]/C=C\C(C)(C)C. The summed E-state index contributed by atoms with van der Waals surface area (Å²) in [6, 6.07) is 0. The maximum absolute atomic E-state index is 2.45. The number of hydrogen-bond donors (Lipinski definition) is 0. The molecule has 0 bridgehead atoms. The molecule has 0 aromatic carbocycles. The summed E-state index contributed by atoms with van der Waals surface area (Å²) in [5.74, 6) is 0. The zero-order valence-electron chi connectivity index (χ0n) is 8.18. The Labute approximate surface area is 81.5 Å². The van der Waals surface area contributed by atoms with Crippen molar-refractivity contribution in [2.75, 3.05) is 0 Å². The third-order valence-electron chi connectivity index (χ3n) is 1.28. The third-order valence-corrected chi connectivity index (χ3v) is 3.71. The zero-order valence-corrected chi connectivity index (χ0v) is 10.5. The first-order valence-corrected chi connectivity index (χ1v) is 7.35. The molecule has 11 heavy (non-hydrogen) atoms. The fourth-order valence-electron chi connectivity index (χ4n) is 0.548. The van der Waals surface area contributed by atoms with Crippen molar-refractivity contribution in [3.63, 3.8) is 0 Å². The van der Waals surface area contributed by atoms with Crippen molar-refractivity contribution in [1.82, 2.24) is 0 Å². The van der Waals surface area contributed by atoms with Crippen molar-refractivity contribution < 1.29 is 0 Å². The van der Waals surface area contributed by atoms with Crippen LogP contribution < -0.4 is 0 Å². The van der Waals surface area contributed by atoms with E-state index in [0.717, 1.165) is 0 Å². The number of unbranched alkanes of at least 4 members (excludes halogenated alkanes) is 1. The molecule has 0 aliphatic rings. The quantitative estimate of drug-likeness (QED) is 0.541. The molecule has 0 radical (unpaired) electrons. The Balaban J connectivity index is 3.30. The van der Waals surface area contributed by atoms with Crippen LogP contribution in [0.4, 0.5) is 0 Å². The van der Waals surface area contributed by atoms with Gasteiger partial charge in [0.25, 0.3) is 0 Å². The molecule has 0 saturated carbocycles. The molecule has 0 amide bonds. The molecule has 0 aliphatic heterocycles. The molecule has 0 unspecified atom stereocenters. The molecular weight excluding hydrogens is 248 g/mol. The Hall–Kier alpha value is 0.530. The summed E-state index contributed by atoms with van der Waals surface area (Å²) in [7, 11) is 0. The average molecular weight is 268 g/mol. The van der Waals surface area contributed by atoms with Crippen LogP contribution in [0.2, 0.25) is 4.47 Å². The van der Waals surface area contributed by atoms with E-state index in [1.165, 1.54) is 17.3 Å². The summed E-state index contributed by atoms with van der Waals surface area (Å²) in [5.41, 5.74) is 0.400. The summed E-state index contributed by atoms with van der Waals surface area (Å²) >= 11 is 0.211. The van der Waals surface area contributed by atoms with Gasteiger partial charge in [0.05, 0.1) is 0 Å². The van der Waals surface area contributed by atoms with Gasteiger partial charge in [-0.2, -0.15) is 0 Å². The van der Waals surface area contributed by atoms with Gasteiger partial charge in [0, 0.05) is 0 Å². The van der Waals surface area contributed by atoms with Gasteiger partial charge in [-0.1, -0.05) is 0 Å². The predicted molar refractivity (Wildman–Crippen MR) is 54.1 cm³/mol. The number of allylic oxidation sites excluding steroid dienone is 1. The Kier molecular flexibility index (Phi) is 6.38. The Bertz CT molecular complexity index is 109. The minimum atomic E-state index is 0.211. The molecule has 66 valence electrons. The summed E-state index contributed by atoms with van der Waals surface area (Å²) in [5, 5.41) is 0. The van der Waals surface area contributed by atoms with Gasteiger partial charge in [0.15, 0.2) is 0 Å². The van der Waals surface area contributed by atoms with E-state index in [-0.39, 0.29) is 20.9 Å². The van der Waals surface area contributed by atoms with E-state index in [4.69, 9.17) is 0 Å². The molecule has 0 fully saturated rings. The average Bonchev–Trinajstić information content (AvgIpc) is 1.85. The van der Waals surface area contributed by atoms with E-state index >= 15 is 0 Å². The van der Waals surface area contributed by atoms with Crippen LogP contribution in [0.25, 0.3) is 0 Å². The molecule has 0 saturated heterocycles. The van der Waals surface area contributed by atoms with Crippen molar-refractivity contribution in [1.29, 1.82) is 0 Å². The summed E-state index contributed by atoms with van der Waals surface area (Å²) in [6.45, 7) is 9.04. The first-order valence-electron chi connectivity index (χ1n) is 4.35. The fourth-order valence-corrected chi connectivity index (χ4v) is 3.68. The van der Waals surface area contributed by atoms with E-state index in [1.54, 1.807) is 0 Å². The second-order valence-electron chi connectivity index (χ2n) is 3.89. The van der Waals surface area contributed by atoms with Gasteiger partial charge in [-0.15, -0.1) is 0 Å². The molecule has 1 heteroatoms. The monoisotopic (exact) mass is 270 g/mol. The Morgan fingerprint density at radius 3 is 2.36 bits per heavy atom. The van der Waals surface area contributed by atoms with Gasteiger partial charge in [-0.3, -0.25) is 0 Å². The van der Waals surface area contributed by atoms with Crippen molar-refractivity contribution in [3.8, 4) is 0 Å². The molecule has 0 N–H and O–H groups in total. The van der Waals surface area contributed by atoms with Crippen molar-refractivity contribution in [2.24, 2.45) is 5.41 Å². The van der Waals surface area contributed by atoms with Crippen LogP contribution in [-0.2, 0) is 0 Å². The zero-order chi connectivity index (χ0) is 8.74. The van der Waals surface area contributed by atoms with E-state index < -0.39 is 0 Å². The second kappa shape index (κ2) is 6.09. The van der Waals surface area contributed by atoms with Crippen LogP contribution in [0.15, 0.2) is 10.2 Å². The van der Waals surface area contributed by atoms with E-state index in [0.29, 0.717) is 5.41 Å². The summed E-state index contributed by atoms with van der Waals surface area (Å²) in [6.07, 6.45) is 5.15.